The van der Waals surface area contributed by atoms with Gasteiger partial charge in [-0.1, -0.05) is 32.4 Å². The number of carbonyl (C=O) groups excluding carboxylic acids is 1. The van der Waals surface area contributed by atoms with Crippen molar-refractivity contribution >= 4 is 73.5 Å². The normalized spacial score (nSPS) is 11.9. The Hall–Kier alpha value is -0.800. The van der Waals surface area contributed by atoms with Gasteiger partial charge in [0.05, 0.1) is 12.7 Å². The van der Waals surface area contributed by atoms with Gasteiger partial charge < -0.3 is 9.52 Å². The van der Waals surface area contributed by atoms with E-state index in [1.165, 1.54) is 0 Å². The standard InChI is InChI=1S/C21H19ClI2O3/c1-21(2,3)7-6-16-18(13-5-4-12(22)10-17(13)27-16)19(25)11-8-14(23)20(26)15(24)9-11/h4-5,8-10,26H,6-7H2,1-3H3. The van der Waals surface area contributed by atoms with E-state index in [9.17, 15) is 9.90 Å². The van der Waals surface area contributed by atoms with Crippen LogP contribution in [0.15, 0.2) is 34.7 Å². The van der Waals surface area contributed by atoms with Crippen LogP contribution in [0.5, 0.6) is 5.75 Å². The Morgan fingerprint density at radius 1 is 1.15 bits per heavy atom. The SMILES string of the molecule is CC(C)(C)CCc1oc2cc(Cl)ccc2c1C(=O)c1cc(I)c(O)c(I)c1. The fourth-order valence-electron chi connectivity index (χ4n) is 2.88. The fourth-order valence-corrected chi connectivity index (χ4v) is 4.81. The van der Waals surface area contributed by atoms with Crippen LogP contribution >= 0.6 is 56.8 Å². The third kappa shape index (κ3) is 4.62. The number of phenolic OH excluding ortho intramolecular Hbond substituents is 1. The van der Waals surface area contributed by atoms with Crippen LogP contribution in [-0.2, 0) is 6.42 Å². The van der Waals surface area contributed by atoms with E-state index in [1.54, 1.807) is 24.3 Å². The van der Waals surface area contributed by atoms with Crippen molar-refractivity contribution in [2.75, 3.05) is 0 Å². The molecule has 3 rings (SSSR count). The van der Waals surface area contributed by atoms with Gasteiger partial charge in [-0.2, -0.15) is 0 Å². The van der Waals surface area contributed by atoms with Gasteiger partial charge in [-0.05, 0) is 81.3 Å². The molecule has 0 amide bonds. The van der Waals surface area contributed by atoms with E-state index in [0.717, 1.165) is 11.8 Å². The molecular formula is C21H19ClI2O3. The van der Waals surface area contributed by atoms with E-state index in [-0.39, 0.29) is 16.9 Å². The van der Waals surface area contributed by atoms with Crippen LogP contribution < -0.4 is 0 Å². The van der Waals surface area contributed by atoms with Crippen molar-refractivity contribution < 1.29 is 14.3 Å². The number of benzene rings is 2. The quantitative estimate of drug-likeness (QED) is 0.252. The summed E-state index contributed by atoms with van der Waals surface area (Å²) >= 11 is 10.2. The largest absolute Gasteiger partial charge is 0.506 e. The molecule has 3 nitrogen and oxygen atoms in total. The van der Waals surface area contributed by atoms with Crippen molar-refractivity contribution in [3.63, 3.8) is 0 Å². The Bertz CT molecular complexity index is 1010. The smallest absolute Gasteiger partial charge is 0.197 e. The van der Waals surface area contributed by atoms with Gasteiger partial charge in [-0.25, -0.2) is 0 Å². The number of hydrogen-bond acceptors (Lipinski definition) is 3. The molecule has 2 aromatic carbocycles. The highest BCUT2D eigenvalue weighted by atomic mass is 127. The van der Waals surface area contributed by atoms with Crippen LogP contribution in [0.1, 0.15) is 48.9 Å². The molecule has 6 heteroatoms. The summed E-state index contributed by atoms with van der Waals surface area (Å²) in [5.41, 5.74) is 1.87. The maximum absolute atomic E-state index is 13.4. The molecule has 3 aromatic rings. The third-order valence-corrected chi connectivity index (χ3v) is 6.21. The maximum Gasteiger partial charge on any atom is 0.197 e. The van der Waals surface area contributed by atoms with Gasteiger partial charge in [-0.15, -0.1) is 0 Å². The average Bonchev–Trinajstić information content (AvgIpc) is 2.93. The number of carbonyl (C=O) groups is 1. The number of ketones is 1. The molecule has 1 N–H and O–H groups in total. The molecule has 0 bridgehead atoms. The minimum absolute atomic E-state index is 0.101. The molecule has 0 saturated carbocycles. The lowest BCUT2D eigenvalue weighted by Crippen LogP contribution is -2.09. The Labute approximate surface area is 190 Å². The minimum atomic E-state index is -0.101. The number of aryl methyl sites for hydroxylation is 1. The van der Waals surface area contributed by atoms with E-state index in [4.69, 9.17) is 16.0 Å². The lowest BCUT2D eigenvalue weighted by molar-refractivity contribution is 0.103. The molecule has 1 heterocycles. The van der Waals surface area contributed by atoms with Crippen molar-refractivity contribution in [1.29, 1.82) is 0 Å². The third-order valence-electron chi connectivity index (χ3n) is 4.33. The van der Waals surface area contributed by atoms with Crippen molar-refractivity contribution in [3.05, 3.63) is 59.4 Å². The zero-order chi connectivity index (χ0) is 19.9. The van der Waals surface area contributed by atoms with Gasteiger partial charge in [0.1, 0.15) is 17.1 Å². The molecular weight excluding hydrogens is 589 g/mol. The van der Waals surface area contributed by atoms with Gasteiger partial charge in [0.2, 0.25) is 0 Å². The molecule has 0 unspecified atom stereocenters. The number of aromatic hydroxyl groups is 1. The molecule has 0 spiro atoms. The zero-order valence-corrected chi connectivity index (χ0v) is 20.3. The Kier molecular flexibility index (Phi) is 6.13. The van der Waals surface area contributed by atoms with Crippen LogP contribution in [-0.4, -0.2) is 10.9 Å². The topological polar surface area (TPSA) is 50.4 Å². The monoisotopic (exact) mass is 608 g/mol. The molecule has 0 aliphatic heterocycles. The van der Waals surface area contributed by atoms with Crippen LogP contribution in [0.4, 0.5) is 0 Å². The number of hydrogen-bond donors (Lipinski definition) is 1. The first-order valence-electron chi connectivity index (χ1n) is 8.50. The van der Waals surface area contributed by atoms with Crippen LogP contribution in [0.25, 0.3) is 11.0 Å². The second-order valence-electron chi connectivity index (χ2n) is 7.72. The minimum Gasteiger partial charge on any atom is -0.506 e. The first-order chi connectivity index (χ1) is 12.6. The average molecular weight is 609 g/mol. The second kappa shape index (κ2) is 7.91. The second-order valence-corrected chi connectivity index (χ2v) is 10.5. The number of rotatable bonds is 4. The van der Waals surface area contributed by atoms with Crippen LogP contribution in [0, 0.1) is 12.6 Å². The van der Waals surface area contributed by atoms with E-state index in [1.807, 2.05) is 51.2 Å². The lowest BCUT2D eigenvalue weighted by atomic mass is 9.88. The maximum atomic E-state index is 13.4. The van der Waals surface area contributed by atoms with E-state index in [2.05, 4.69) is 20.8 Å². The van der Waals surface area contributed by atoms with Crippen molar-refractivity contribution in [1.82, 2.24) is 0 Å². The molecule has 0 aliphatic carbocycles. The number of furan rings is 1. The number of phenols is 1. The highest BCUT2D eigenvalue weighted by molar-refractivity contribution is 14.1. The summed E-state index contributed by atoms with van der Waals surface area (Å²) in [5.74, 6) is 0.783. The fraction of sp³-hybridized carbons (Fsp3) is 0.286. The van der Waals surface area contributed by atoms with Crippen LogP contribution in [0.3, 0.4) is 0 Å². The predicted molar refractivity (Wildman–Crippen MR) is 126 cm³/mol. The number of fused-ring (bicyclic) bond motifs is 1. The predicted octanol–water partition coefficient (Wildman–Crippen LogP) is 7.21. The summed E-state index contributed by atoms with van der Waals surface area (Å²) in [6, 6.07) is 8.78. The van der Waals surface area contributed by atoms with E-state index < -0.39 is 0 Å². The van der Waals surface area contributed by atoms with E-state index >= 15 is 0 Å². The van der Waals surface area contributed by atoms with Gasteiger partial charge in [0.15, 0.2) is 5.78 Å². The molecule has 0 radical (unpaired) electrons. The van der Waals surface area contributed by atoms with Gasteiger partial charge in [-0.3, -0.25) is 4.79 Å². The van der Waals surface area contributed by atoms with E-state index in [0.29, 0.717) is 41.1 Å². The summed E-state index contributed by atoms with van der Waals surface area (Å²) in [7, 11) is 0. The molecule has 1 aromatic heterocycles. The zero-order valence-electron chi connectivity index (χ0n) is 15.2. The summed E-state index contributed by atoms with van der Waals surface area (Å²) < 4.78 is 7.34. The molecule has 0 fully saturated rings. The van der Waals surface area contributed by atoms with Crippen molar-refractivity contribution in [2.24, 2.45) is 5.41 Å². The molecule has 142 valence electrons. The molecule has 0 atom stereocenters. The Morgan fingerprint density at radius 3 is 2.37 bits per heavy atom. The highest BCUT2D eigenvalue weighted by Crippen LogP contribution is 2.34. The number of halogens is 3. The summed E-state index contributed by atoms with van der Waals surface area (Å²) in [6.07, 6.45) is 1.56. The lowest BCUT2D eigenvalue weighted by Gasteiger charge is -2.17. The first kappa shape index (κ1) is 20.9. The summed E-state index contributed by atoms with van der Waals surface area (Å²) in [5, 5.41) is 11.4. The Balaban J connectivity index is 2.14. The van der Waals surface area contributed by atoms with Gasteiger partial charge in [0.25, 0.3) is 0 Å². The van der Waals surface area contributed by atoms with Gasteiger partial charge in [0, 0.05) is 28.5 Å². The molecule has 0 aliphatic rings. The summed E-state index contributed by atoms with van der Waals surface area (Å²) in [4.78, 5) is 13.4. The Morgan fingerprint density at radius 2 is 1.78 bits per heavy atom. The first-order valence-corrected chi connectivity index (χ1v) is 11.0. The van der Waals surface area contributed by atoms with Gasteiger partial charge >= 0.3 is 0 Å². The molecule has 0 saturated heterocycles. The summed E-state index contributed by atoms with van der Waals surface area (Å²) in [6.45, 7) is 6.50. The highest BCUT2D eigenvalue weighted by Gasteiger charge is 2.24. The molecule has 27 heavy (non-hydrogen) atoms. The van der Waals surface area contributed by atoms with Crippen LogP contribution in [0.2, 0.25) is 5.02 Å². The van der Waals surface area contributed by atoms with Crippen molar-refractivity contribution in [3.8, 4) is 5.75 Å². The van der Waals surface area contributed by atoms with Crippen molar-refractivity contribution in [2.45, 2.75) is 33.6 Å².